The van der Waals surface area contributed by atoms with Gasteiger partial charge in [0.05, 0.1) is 23.3 Å². The summed E-state index contributed by atoms with van der Waals surface area (Å²) in [4.78, 5) is 39.3. The molecule has 0 bridgehead atoms. The van der Waals surface area contributed by atoms with Gasteiger partial charge >= 0.3 is 6.18 Å². The molecule has 43 heavy (non-hydrogen) atoms. The lowest BCUT2D eigenvalue weighted by molar-refractivity contribution is -0.137. The van der Waals surface area contributed by atoms with Gasteiger partial charge in [0.15, 0.2) is 0 Å². The largest absolute Gasteiger partial charge is 0.495 e. The van der Waals surface area contributed by atoms with Crippen LogP contribution in [0, 0.1) is 0 Å². The molecule has 0 atom stereocenters. The normalized spacial score (nSPS) is 14.4. The van der Waals surface area contributed by atoms with E-state index in [0.29, 0.717) is 27.5 Å². The Morgan fingerprint density at radius 1 is 0.977 bits per heavy atom. The zero-order valence-corrected chi connectivity index (χ0v) is 24.8. The molecular weight excluding hydrogens is 649 g/mol. The Kier molecular flexibility index (Phi) is 8.79. The van der Waals surface area contributed by atoms with Crippen molar-refractivity contribution in [2.75, 3.05) is 19.0 Å². The lowest BCUT2D eigenvalue weighted by atomic mass is 10.1. The molecule has 1 fully saturated rings. The molecule has 0 radical (unpaired) electrons. The molecule has 220 valence electrons. The highest BCUT2D eigenvalue weighted by Gasteiger charge is 2.37. The molecule has 1 N–H and O–H groups in total. The van der Waals surface area contributed by atoms with Crippen LogP contribution in [-0.2, 0) is 22.4 Å². The van der Waals surface area contributed by atoms with Crippen molar-refractivity contribution in [3.63, 3.8) is 0 Å². The van der Waals surface area contributed by atoms with Gasteiger partial charge in [-0.2, -0.15) is 13.2 Å². The number of carbonyl (C=O) groups excluding carboxylic acids is 3. The van der Waals surface area contributed by atoms with E-state index in [4.69, 9.17) is 9.47 Å². The summed E-state index contributed by atoms with van der Waals surface area (Å²) in [6.07, 6.45) is -3.15. The van der Waals surface area contributed by atoms with Crippen molar-refractivity contribution in [3.8, 4) is 11.5 Å². The first-order chi connectivity index (χ1) is 20.5. The average Bonchev–Trinajstić information content (AvgIpc) is 3.23. The number of alkyl halides is 3. The van der Waals surface area contributed by atoms with E-state index in [1.54, 1.807) is 18.2 Å². The maximum atomic E-state index is 13.2. The number of methoxy groups -OCH3 is 1. The second-order valence-electron chi connectivity index (χ2n) is 9.38. The highest BCUT2D eigenvalue weighted by Crippen LogP contribution is 2.37. The van der Waals surface area contributed by atoms with E-state index in [1.807, 2.05) is 42.5 Å². The highest BCUT2D eigenvalue weighted by atomic mass is 79.9. The van der Waals surface area contributed by atoms with Crippen molar-refractivity contribution < 1.29 is 37.0 Å². The van der Waals surface area contributed by atoms with Crippen LogP contribution in [0.5, 0.6) is 11.5 Å². The predicted octanol–water partition coefficient (Wildman–Crippen LogP) is 7.88. The van der Waals surface area contributed by atoms with Gasteiger partial charge in [-0.05, 0) is 76.6 Å². The molecule has 0 spiro atoms. The molecule has 1 aliphatic rings. The molecule has 0 saturated carbocycles. The summed E-state index contributed by atoms with van der Waals surface area (Å²) in [6.45, 7) is -0.445. The van der Waals surface area contributed by atoms with Crippen LogP contribution in [0.1, 0.15) is 16.7 Å². The second-order valence-corrected chi connectivity index (χ2v) is 11.3. The topological polar surface area (TPSA) is 84.9 Å². The molecule has 0 aliphatic carbocycles. The lowest BCUT2D eigenvalue weighted by Crippen LogP contribution is -2.36. The molecule has 1 saturated heterocycles. The summed E-state index contributed by atoms with van der Waals surface area (Å²) in [6, 6.07) is 21.8. The Hall–Kier alpha value is -4.29. The fraction of sp³-hybridized carbons (Fsp3) is 0.129. The number of thioether (sulfide) groups is 1. The SMILES string of the molecule is COc1ccc(C(F)(F)F)cc1NC(=O)CN1C(=O)S/C(=C\c2cc(Br)ccc2OCc2ccc3ccccc3c2)C1=O. The van der Waals surface area contributed by atoms with Crippen molar-refractivity contribution in [2.45, 2.75) is 12.8 Å². The minimum Gasteiger partial charge on any atom is -0.495 e. The summed E-state index contributed by atoms with van der Waals surface area (Å²) in [5.41, 5.74) is 0.229. The van der Waals surface area contributed by atoms with Crippen LogP contribution in [0.2, 0.25) is 0 Å². The van der Waals surface area contributed by atoms with Gasteiger partial charge in [-0.1, -0.05) is 52.3 Å². The van der Waals surface area contributed by atoms with Gasteiger partial charge in [-0.15, -0.1) is 0 Å². The molecular formula is C31H22BrF3N2O5S. The first kappa shape index (κ1) is 30.2. The van der Waals surface area contributed by atoms with Crippen LogP contribution in [-0.4, -0.2) is 35.6 Å². The van der Waals surface area contributed by atoms with Gasteiger partial charge in [0.25, 0.3) is 11.1 Å². The van der Waals surface area contributed by atoms with Crippen molar-refractivity contribution in [1.29, 1.82) is 0 Å². The quantitative estimate of drug-likeness (QED) is 0.192. The predicted molar refractivity (Wildman–Crippen MR) is 162 cm³/mol. The zero-order chi connectivity index (χ0) is 30.7. The van der Waals surface area contributed by atoms with E-state index in [-0.39, 0.29) is 22.9 Å². The number of hydrogen-bond donors (Lipinski definition) is 1. The van der Waals surface area contributed by atoms with E-state index in [0.717, 1.165) is 39.4 Å². The Labute approximate surface area is 256 Å². The van der Waals surface area contributed by atoms with E-state index in [1.165, 1.54) is 13.2 Å². The number of imide groups is 1. The first-order valence-corrected chi connectivity index (χ1v) is 14.3. The van der Waals surface area contributed by atoms with E-state index < -0.39 is 35.3 Å². The number of nitrogens with one attached hydrogen (secondary N) is 1. The maximum Gasteiger partial charge on any atom is 0.416 e. The van der Waals surface area contributed by atoms with Gasteiger partial charge in [-0.25, -0.2) is 0 Å². The summed E-state index contributed by atoms with van der Waals surface area (Å²) < 4.78 is 51.3. The molecule has 1 aliphatic heterocycles. The Balaban J connectivity index is 1.30. The first-order valence-electron chi connectivity index (χ1n) is 12.7. The average molecular weight is 671 g/mol. The van der Waals surface area contributed by atoms with Crippen LogP contribution < -0.4 is 14.8 Å². The monoisotopic (exact) mass is 670 g/mol. The second kappa shape index (κ2) is 12.5. The van der Waals surface area contributed by atoms with Crippen LogP contribution in [0.4, 0.5) is 23.7 Å². The smallest absolute Gasteiger partial charge is 0.416 e. The highest BCUT2D eigenvalue weighted by molar-refractivity contribution is 9.10. The minimum atomic E-state index is -4.65. The van der Waals surface area contributed by atoms with E-state index in [9.17, 15) is 27.6 Å². The van der Waals surface area contributed by atoms with E-state index >= 15 is 0 Å². The number of anilines is 1. The lowest BCUT2D eigenvalue weighted by Gasteiger charge is -2.16. The third-order valence-corrected chi connectivity index (χ3v) is 7.84. The molecule has 4 aromatic rings. The Morgan fingerprint density at radius 2 is 1.72 bits per heavy atom. The van der Waals surface area contributed by atoms with Crippen LogP contribution in [0.3, 0.4) is 0 Å². The standard InChI is InChI=1S/C31H22BrF3N2O5S/c1-41-26-10-8-22(31(33,34)35)15-24(26)36-28(38)16-37-29(39)27(43-30(37)40)14-21-13-23(32)9-11-25(21)42-17-18-6-7-19-4-2-3-5-20(19)12-18/h2-15H,16-17H2,1H3,(H,36,38)/b27-14-. The molecule has 12 heteroatoms. The number of amides is 3. The number of rotatable bonds is 8. The van der Waals surface area contributed by atoms with Crippen molar-refractivity contribution in [3.05, 3.63) is 105 Å². The zero-order valence-electron chi connectivity index (χ0n) is 22.4. The molecule has 1 heterocycles. The summed E-state index contributed by atoms with van der Waals surface area (Å²) in [5.74, 6) is -1.14. The van der Waals surface area contributed by atoms with Crippen LogP contribution >= 0.6 is 27.7 Å². The third-order valence-electron chi connectivity index (χ3n) is 6.44. The van der Waals surface area contributed by atoms with E-state index in [2.05, 4.69) is 21.2 Å². The molecule has 3 amide bonds. The van der Waals surface area contributed by atoms with Gasteiger partial charge in [-0.3, -0.25) is 19.3 Å². The summed E-state index contributed by atoms with van der Waals surface area (Å²) in [5, 5.41) is 3.78. The summed E-state index contributed by atoms with van der Waals surface area (Å²) in [7, 11) is 1.24. The molecule has 5 rings (SSSR count). The van der Waals surface area contributed by atoms with Crippen molar-refractivity contribution in [2.24, 2.45) is 0 Å². The summed E-state index contributed by atoms with van der Waals surface area (Å²) >= 11 is 4.06. The van der Waals surface area contributed by atoms with Crippen LogP contribution in [0.15, 0.2) is 88.2 Å². The van der Waals surface area contributed by atoms with Crippen molar-refractivity contribution >= 4 is 67.3 Å². The Morgan fingerprint density at radius 3 is 2.47 bits per heavy atom. The van der Waals surface area contributed by atoms with Gasteiger partial charge in [0.2, 0.25) is 5.91 Å². The fourth-order valence-electron chi connectivity index (χ4n) is 4.35. The molecule has 7 nitrogen and oxygen atoms in total. The number of carbonyl (C=O) groups is 3. The van der Waals surface area contributed by atoms with Crippen molar-refractivity contribution in [1.82, 2.24) is 4.90 Å². The maximum absolute atomic E-state index is 13.2. The number of benzene rings is 4. The van der Waals surface area contributed by atoms with Crippen LogP contribution in [0.25, 0.3) is 16.8 Å². The van der Waals surface area contributed by atoms with Gasteiger partial charge in [0.1, 0.15) is 24.7 Å². The number of ether oxygens (including phenoxy) is 2. The number of hydrogen-bond acceptors (Lipinski definition) is 6. The number of halogens is 4. The number of nitrogens with zero attached hydrogens (tertiary/aromatic N) is 1. The fourth-order valence-corrected chi connectivity index (χ4v) is 5.55. The third kappa shape index (κ3) is 7.03. The van der Waals surface area contributed by atoms with Gasteiger partial charge in [0, 0.05) is 10.0 Å². The molecule has 0 aromatic heterocycles. The molecule has 0 unspecified atom stereocenters. The van der Waals surface area contributed by atoms with Gasteiger partial charge < -0.3 is 14.8 Å². The molecule has 4 aromatic carbocycles. The number of fused-ring (bicyclic) bond motifs is 1. The Bertz CT molecular complexity index is 1780. The minimum absolute atomic E-state index is 0.0127.